The van der Waals surface area contributed by atoms with Crippen LogP contribution in [0, 0.1) is 12.8 Å². The van der Waals surface area contributed by atoms with Crippen LogP contribution in [0.1, 0.15) is 0 Å². The Morgan fingerprint density at radius 3 is 2.38 bits per heavy atom. The van der Waals surface area contributed by atoms with E-state index in [1.165, 1.54) is 0 Å². The van der Waals surface area contributed by atoms with Crippen LogP contribution in [0.4, 0.5) is 0 Å². The van der Waals surface area contributed by atoms with Crippen molar-refractivity contribution < 1.29 is 42.6 Å². The van der Waals surface area contributed by atoms with Gasteiger partial charge in [-0.15, -0.1) is 0 Å². The third-order valence-electron chi connectivity index (χ3n) is 0.661. The minimum absolute atomic E-state index is 0. The average molecular weight is 192 g/mol. The van der Waals surface area contributed by atoms with E-state index in [1.807, 2.05) is 0 Å². The Balaban J connectivity index is 0. The largest absolute Gasteiger partial charge is 0.392 e. The van der Waals surface area contributed by atoms with Crippen molar-refractivity contribution in [3.05, 3.63) is 6.92 Å². The molecule has 0 spiro atoms. The maximum absolute atomic E-state index is 8.32. The van der Waals surface area contributed by atoms with Gasteiger partial charge >= 0.3 is 0 Å². The molecule has 2 nitrogen and oxygen atoms in total. The second kappa shape index (κ2) is 7.89. The van der Waals surface area contributed by atoms with Crippen LogP contribution in [-0.4, -0.2) is 25.4 Å². The molecule has 0 aliphatic rings. The van der Waals surface area contributed by atoms with Crippen LogP contribution < -0.4 is 0 Å². The molecule has 0 aliphatic carbocycles. The van der Waals surface area contributed by atoms with E-state index in [9.17, 15) is 0 Å². The summed E-state index contributed by atoms with van der Waals surface area (Å²) in [7, 11) is 1.59. The van der Waals surface area contributed by atoms with Crippen molar-refractivity contribution in [2.24, 2.45) is 5.92 Å². The Kier molecular flexibility index (Phi) is 11.5. The van der Waals surface area contributed by atoms with Crippen LogP contribution in [0.5, 0.6) is 0 Å². The first-order valence-corrected chi connectivity index (χ1v) is 2.24. The summed E-state index contributed by atoms with van der Waals surface area (Å²) in [6.07, 6.45) is 0. The predicted octanol–water partition coefficient (Wildman–Crippen LogP) is 0.0729. The number of methoxy groups -OCH3 is 1. The van der Waals surface area contributed by atoms with Crippen LogP contribution >= 0.6 is 0 Å². The third-order valence-corrected chi connectivity index (χ3v) is 0.661. The van der Waals surface area contributed by atoms with E-state index in [-0.39, 0.29) is 45.2 Å². The number of hydrogen-bond donors (Lipinski definition) is 1. The molecule has 0 saturated carbocycles. The van der Waals surface area contributed by atoms with Crippen LogP contribution in [-0.2, 0) is 37.4 Å². The van der Waals surface area contributed by atoms with Gasteiger partial charge < -0.3 is 9.84 Å². The van der Waals surface area contributed by atoms with Gasteiger partial charge in [0.1, 0.15) is 5.92 Å². The van der Waals surface area contributed by atoms with Crippen LogP contribution in [0.25, 0.3) is 0 Å². The number of ether oxygens (including phenoxy) is 1. The summed E-state index contributed by atoms with van der Waals surface area (Å²) in [5.41, 5.74) is 0. The second-order valence-electron chi connectivity index (χ2n) is 1.50. The van der Waals surface area contributed by atoms with E-state index in [4.69, 9.17) is 5.11 Å². The fourth-order valence-electron chi connectivity index (χ4n) is 0.288. The summed E-state index contributed by atoms with van der Waals surface area (Å²) in [5, 5.41) is 8.32. The van der Waals surface area contributed by atoms with Gasteiger partial charge in [-0.05, 0) is 0 Å². The van der Waals surface area contributed by atoms with Gasteiger partial charge in [0.25, 0.3) is 0 Å². The number of hydrogen-bond acceptors (Lipinski definition) is 2. The summed E-state index contributed by atoms with van der Waals surface area (Å²) in [6.45, 7) is 4.21. The standard InChI is InChI=1S/C5H11O2.Y/c1-5(3-6)4-7-2;/h5-6H,1,3-4H2,2H3;/q+1;. The van der Waals surface area contributed by atoms with Crippen molar-refractivity contribution in [3.8, 4) is 0 Å². The molecule has 0 heterocycles. The topological polar surface area (TPSA) is 29.5 Å². The van der Waals surface area contributed by atoms with Crippen LogP contribution in [0.15, 0.2) is 0 Å². The molecule has 1 unspecified atom stereocenters. The van der Waals surface area contributed by atoms with Gasteiger partial charge in [-0.3, -0.25) is 0 Å². The van der Waals surface area contributed by atoms with Crippen molar-refractivity contribution in [1.29, 1.82) is 0 Å². The molecule has 8 heavy (non-hydrogen) atoms. The summed E-state index contributed by atoms with van der Waals surface area (Å²) >= 11 is 0. The average Bonchev–Trinajstić information content (AvgIpc) is 1.68. The number of aliphatic hydroxyl groups excluding tert-OH is 1. The van der Waals surface area contributed by atoms with Crippen molar-refractivity contribution in [1.82, 2.24) is 0 Å². The van der Waals surface area contributed by atoms with Gasteiger partial charge in [0, 0.05) is 39.8 Å². The van der Waals surface area contributed by atoms with Crippen molar-refractivity contribution in [3.63, 3.8) is 0 Å². The number of rotatable bonds is 3. The van der Waals surface area contributed by atoms with E-state index >= 15 is 0 Å². The van der Waals surface area contributed by atoms with Crippen LogP contribution in [0.2, 0.25) is 0 Å². The van der Waals surface area contributed by atoms with E-state index in [0.29, 0.717) is 6.61 Å². The van der Waals surface area contributed by atoms with E-state index < -0.39 is 0 Å². The van der Waals surface area contributed by atoms with Gasteiger partial charge in [0.2, 0.25) is 0 Å². The van der Waals surface area contributed by atoms with Crippen molar-refractivity contribution in [2.45, 2.75) is 0 Å². The smallest absolute Gasteiger partial charge is 0.141 e. The third kappa shape index (κ3) is 6.89. The molecule has 45 valence electrons. The zero-order valence-corrected chi connectivity index (χ0v) is 7.97. The Hall–Kier alpha value is 0.894. The summed E-state index contributed by atoms with van der Waals surface area (Å²) in [4.78, 5) is 0. The summed E-state index contributed by atoms with van der Waals surface area (Å²) < 4.78 is 4.67. The van der Waals surface area contributed by atoms with Gasteiger partial charge in [-0.2, -0.15) is 0 Å². The minimum Gasteiger partial charge on any atom is -0.392 e. The molecule has 0 aliphatic heterocycles. The molecular formula is C5H11O2Y+. The maximum Gasteiger partial charge on any atom is 0.141 e. The first-order chi connectivity index (χ1) is 3.31. The molecular weight excluding hydrogens is 181 g/mol. The summed E-state index contributed by atoms with van der Waals surface area (Å²) in [5.74, 6) is 0.0324. The number of aliphatic hydroxyl groups is 1. The van der Waals surface area contributed by atoms with Gasteiger partial charge in [-0.25, -0.2) is 0 Å². The molecule has 0 saturated heterocycles. The van der Waals surface area contributed by atoms with Crippen molar-refractivity contribution >= 4 is 0 Å². The molecule has 1 atom stereocenters. The Labute approximate surface area is 75.5 Å². The molecule has 0 aromatic rings. The van der Waals surface area contributed by atoms with E-state index in [2.05, 4.69) is 11.7 Å². The Morgan fingerprint density at radius 2 is 2.25 bits per heavy atom. The SMILES string of the molecule is [CH2+]C(CO)COC.[Y]. The summed E-state index contributed by atoms with van der Waals surface area (Å²) in [6, 6.07) is 0. The van der Waals surface area contributed by atoms with Gasteiger partial charge in [-0.1, -0.05) is 0 Å². The zero-order chi connectivity index (χ0) is 5.70. The van der Waals surface area contributed by atoms with Gasteiger partial charge in [0.15, 0.2) is 0 Å². The molecule has 1 radical (unpaired) electrons. The molecule has 0 rings (SSSR count). The fourth-order valence-corrected chi connectivity index (χ4v) is 0.288. The molecule has 0 aromatic heterocycles. The first-order valence-electron chi connectivity index (χ1n) is 2.24. The van der Waals surface area contributed by atoms with Crippen LogP contribution in [0.3, 0.4) is 0 Å². The second-order valence-corrected chi connectivity index (χ2v) is 1.50. The van der Waals surface area contributed by atoms with E-state index in [0.717, 1.165) is 0 Å². The van der Waals surface area contributed by atoms with E-state index in [1.54, 1.807) is 7.11 Å². The Bertz CT molecular complexity index is 41.4. The normalized spacial score (nSPS) is 12.2. The predicted molar refractivity (Wildman–Crippen MR) is 27.8 cm³/mol. The first kappa shape index (κ1) is 11.7. The minimum atomic E-state index is 0. The molecule has 1 N–H and O–H groups in total. The molecule has 0 fully saturated rings. The van der Waals surface area contributed by atoms with Crippen molar-refractivity contribution in [2.75, 3.05) is 20.3 Å². The maximum atomic E-state index is 8.32. The molecule has 0 bridgehead atoms. The quantitative estimate of drug-likeness (QED) is 0.641. The fraction of sp³-hybridized carbons (Fsp3) is 0.800. The zero-order valence-electron chi connectivity index (χ0n) is 5.13. The van der Waals surface area contributed by atoms with Gasteiger partial charge in [0.05, 0.1) is 20.1 Å². The monoisotopic (exact) mass is 192 g/mol. The molecule has 0 aromatic carbocycles. The Morgan fingerprint density at radius 1 is 1.75 bits per heavy atom. The molecule has 0 amide bonds. The molecule has 3 heteroatoms.